The van der Waals surface area contributed by atoms with Crippen molar-refractivity contribution in [3.8, 4) is 0 Å². The summed E-state index contributed by atoms with van der Waals surface area (Å²) in [5.41, 5.74) is -0.593. The van der Waals surface area contributed by atoms with Gasteiger partial charge in [0, 0.05) is 0 Å². The number of nitrogens with one attached hydrogen (secondary N) is 2. The number of quaternary nitrogens is 1. The maximum Gasteiger partial charge on any atom is 0.329 e. The molecule has 5 heteroatoms. The van der Waals surface area contributed by atoms with Crippen LogP contribution in [0.4, 0.5) is 4.79 Å². The summed E-state index contributed by atoms with van der Waals surface area (Å²) in [6, 6.07) is -0.165. The number of hydrogen-bond donors (Lipinski definition) is 2. The minimum Gasteiger partial charge on any atom is -0.323 e. The summed E-state index contributed by atoms with van der Waals surface area (Å²) in [4.78, 5) is 27.9. The lowest BCUT2D eigenvalue weighted by Gasteiger charge is -2.37. The van der Waals surface area contributed by atoms with E-state index in [2.05, 4.69) is 12.2 Å². The van der Waals surface area contributed by atoms with Crippen LogP contribution in [0.3, 0.4) is 0 Å². The van der Waals surface area contributed by atoms with E-state index >= 15 is 0 Å². The Morgan fingerprint density at radius 1 is 1.20 bits per heavy atom. The molecule has 2 atom stereocenters. The van der Waals surface area contributed by atoms with Gasteiger partial charge in [-0.3, -0.25) is 4.79 Å². The number of urea groups is 1. The minimum atomic E-state index is -0.593. The lowest BCUT2D eigenvalue weighted by molar-refractivity contribution is -0.912. The zero-order valence-corrected chi connectivity index (χ0v) is 12.4. The van der Waals surface area contributed by atoms with E-state index in [-0.39, 0.29) is 17.9 Å². The van der Waals surface area contributed by atoms with E-state index in [9.17, 15) is 9.59 Å². The van der Waals surface area contributed by atoms with Gasteiger partial charge >= 0.3 is 6.03 Å². The molecule has 112 valence electrons. The number of carbonyl (C=O) groups excluding carboxylic acids is 2. The molecule has 2 N–H and O–H groups in total. The van der Waals surface area contributed by atoms with Gasteiger partial charge in [-0.15, -0.1) is 0 Å². The molecule has 2 saturated heterocycles. The van der Waals surface area contributed by atoms with Gasteiger partial charge in [-0.2, -0.15) is 0 Å². The standard InChI is InChI=1S/C15H25N3O2/c1-12-7-3-4-8-15(12)13(19)18(14(20)16-15)11-17-9-5-2-6-10-17/h12H,2-11H2,1H3,(H,16,20)/p+1/t12-,15-/m0/s1. The van der Waals surface area contributed by atoms with Crippen molar-refractivity contribution in [2.75, 3.05) is 19.8 Å². The fourth-order valence-corrected chi connectivity index (χ4v) is 4.07. The van der Waals surface area contributed by atoms with E-state index in [4.69, 9.17) is 0 Å². The van der Waals surface area contributed by atoms with Crippen molar-refractivity contribution in [3.63, 3.8) is 0 Å². The van der Waals surface area contributed by atoms with Gasteiger partial charge in [-0.25, -0.2) is 9.69 Å². The molecule has 2 heterocycles. The van der Waals surface area contributed by atoms with Gasteiger partial charge in [0.1, 0.15) is 5.54 Å². The molecule has 0 unspecified atom stereocenters. The topological polar surface area (TPSA) is 53.9 Å². The van der Waals surface area contributed by atoms with Crippen molar-refractivity contribution < 1.29 is 14.5 Å². The quantitative estimate of drug-likeness (QED) is 0.724. The molecule has 20 heavy (non-hydrogen) atoms. The smallest absolute Gasteiger partial charge is 0.323 e. The summed E-state index contributed by atoms with van der Waals surface area (Å²) in [5.74, 6) is 0.293. The monoisotopic (exact) mass is 280 g/mol. The zero-order valence-electron chi connectivity index (χ0n) is 12.4. The van der Waals surface area contributed by atoms with Crippen LogP contribution in [0.1, 0.15) is 51.9 Å². The van der Waals surface area contributed by atoms with Crippen molar-refractivity contribution in [3.05, 3.63) is 0 Å². The zero-order chi connectivity index (χ0) is 14.2. The molecule has 1 aliphatic carbocycles. The van der Waals surface area contributed by atoms with Gasteiger partial charge in [0.2, 0.25) is 0 Å². The highest BCUT2D eigenvalue weighted by Crippen LogP contribution is 2.37. The third-order valence-electron chi connectivity index (χ3n) is 5.44. The number of rotatable bonds is 2. The second-order valence-corrected chi connectivity index (χ2v) is 6.75. The summed E-state index contributed by atoms with van der Waals surface area (Å²) in [5, 5.41) is 3.03. The number of carbonyl (C=O) groups is 2. The number of likely N-dealkylation sites (tertiary alicyclic amines) is 1. The predicted octanol–water partition coefficient (Wildman–Crippen LogP) is 0.513. The van der Waals surface area contributed by atoms with Crippen LogP contribution in [0.25, 0.3) is 0 Å². The van der Waals surface area contributed by atoms with Crippen LogP contribution < -0.4 is 10.2 Å². The largest absolute Gasteiger partial charge is 0.329 e. The first kappa shape index (κ1) is 13.9. The Morgan fingerprint density at radius 3 is 2.65 bits per heavy atom. The highest BCUT2D eigenvalue weighted by atomic mass is 16.2. The molecular weight excluding hydrogens is 254 g/mol. The fraction of sp³-hybridized carbons (Fsp3) is 0.867. The molecule has 0 radical (unpaired) electrons. The summed E-state index contributed by atoms with van der Waals surface area (Å²) < 4.78 is 0. The number of piperidine rings is 1. The molecule has 1 saturated carbocycles. The Labute approximate surface area is 120 Å². The number of hydrogen-bond acceptors (Lipinski definition) is 2. The molecule has 3 fully saturated rings. The summed E-state index contributed by atoms with van der Waals surface area (Å²) in [6.07, 6.45) is 7.76. The molecule has 2 aliphatic heterocycles. The molecule has 3 amide bonds. The third kappa shape index (κ3) is 2.22. The van der Waals surface area contributed by atoms with E-state index in [1.54, 1.807) is 0 Å². The van der Waals surface area contributed by atoms with Gasteiger partial charge in [0.25, 0.3) is 5.91 Å². The van der Waals surface area contributed by atoms with Crippen molar-refractivity contribution in [1.29, 1.82) is 0 Å². The van der Waals surface area contributed by atoms with Gasteiger partial charge < -0.3 is 10.2 Å². The first-order chi connectivity index (χ1) is 9.63. The second kappa shape index (κ2) is 5.35. The Morgan fingerprint density at radius 2 is 1.95 bits per heavy atom. The van der Waals surface area contributed by atoms with Crippen LogP contribution in [0.15, 0.2) is 0 Å². The fourth-order valence-electron chi connectivity index (χ4n) is 4.07. The molecule has 0 aromatic rings. The van der Waals surface area contributed by atoms with Crippen LogP contribution in [-0.2, 0) is 4.79 Å². The van der Waals surface area contributed by atoms with E-state index < -0.39 is 5.54 Å². The predicted molar refractivity (Wildman–Crippen MR) is 75.2 cm³/mol. The van der Waals surface area contributed by atoms with Crippen LogP contribution in [-0.4, -0.2) is 42.1 Å². The maximum atomic E-state index is 12.8. The van der Waals surface area contributed by atoms with E-state index in [0.717, 1.165) is 32.4 Å². The highest BCUT2D eigenvalue weighted by Gasteiger charge is 2.55. The average molecular weight is 280 g/mol. The summed E-state index contributed by atoms with van der Waals surface area (Å²) >= 11 is 0. The molecular formula is C15H26N3O2+. The third-order valence-corrected chi connectivity index (χ3v) is 5.44. The Hall–Kier alpha value is -1.10. The van der Waals surface area contributed by atoms with E-state index in [0.29, 0.717) is 6.67 Å². The van der Waals surface area contributed by atoms with Gasteiger partial charge in [0.05, 0.1) is 13.1 Å². The first-order valence-electron chi connectivity index (χ1n) is 8.11. The van der Waals surface area contributed by atoms with E-state index in [1.165, 1.54) is 35.5 Å². The Balaban J connectivity index is 1.72. The van der Waals surface area contributed by atoms with Gasteiger partial charge in [0.15, 0.2) is 6.67 Å². The Bertz CT molecular complexity index is 406. The molecule has 5 nitrogen and oxygen atoms in total. The van der Waals surface area contributed by atoms with Crippen molar-refractivity contribution in [1.82, 2.24) is 10.2 Å². The number of amides is 3. The minimum absolute atomic E-state index is 0.0350. The van der Waals surface area contributed by atoms with Crippen molar-refractivity contribution >= 4 is 11.9 Å². The summed E-state index contributed by atoms with van der Waals surface area (Å²) in [6.45, 7) is 4.83. The highest BCUT2D eigenvalue weighted by molar-refractivity contribution is 6.07. The molecule has 3 rings (SSSR count). The van der Waals surface area contributed by atoms with Crippen molar-refractivity contribution in [2.45, 2.75) is 57.4 Å². The van der Waals surface area contributed by atoms with Crippen molar-refractivity contribution in [2.24, 2.45) is 5.92 Å². The van der Waals surface area contributed by atoms with Crippen LogP contribution in [0.5, 0.6) is 0 Å². The molecule has 3 aliphatic rings. The molecule has 0 aromatic heterocycles. The van der Waals surface area contributed by atoms with Crippen LogP contribution in [0, 0.1) is 5.92 Å². The number of imide groups is 1. The van der Waals surface area contributed by atoms with Gasteiger partial charge in [-0.1, -0.05) is 19.8 Å². The number of nitrogens with zero attached hydrogens (tertiary/aromatic N) is 1. The average Bonchev–Trinajstić information content (AvgIpc) is 2.69. The second-order valence-electron chi connectivity index (χ2n) is 6.75. The Kier molecular flexibility index (Phi) is 3.71. The molecule has 1 spiro atoms. The van der Waals surface area contributed by atoms with Crippen LogP contribution >= 0.6 is 0 Å². The lowest BCUT2D eigenvalue weighted by atomic mass is 9.73. The van der Waals surface area contributed by atoms with E-state index in [1.807, 2.05) is 0 Å². The molecule has 0 bridgehead atoms. The lowest BCUT2D eigenvalue weighted by Crippen LogP contribution is -3.14. The maximum absolute atomic E-state index is 12.8. The molecule has 0 aromatic carbocycles. The summed E-state index contributed by atoms with van der Waals surface area (Å²) in [7, 11) is 0. The normalized spacial score (nSPS) is 35.6. The SMILES string of the molecule is C[C@H]1CCCC[C@]12NC(=O)N(C[NH+]1CCCCC1)C2=O. The van der Waals surface area contributed by atoms with Crippen LogP contribution in [0.2, 0.25) is 0 Å². The van der Waals surface area contributed by atoms with Gasteiger partial charge in [-0.05, 0) is 38.0 Å². The first-order valence-corrected chi connectivity index (χ1v) is 8.11.